The molecule has 0 radical (unpaired) electrons. The van der Waals surface area contributed by atoms with Crippen LogP contribution in [0.5, 0.6) is 0 Å². The van der Waals surface area contributed by atoms with Crippen molar-refractivity contribution in [2.24, 2.45) is 7.05 Å². The molecule has 0 amide bonds. The second kappa shape index (κ2) is 5.30. The molecular formula is C27H21N2S+. The van der Waals surface area contributed by atoms with Crippen LogP contribution < -0.4 is 4.57 Å². The first-order valence-electron chi connectivity index (χ1n) is 10.4. The van der Waals surface area contributed by atoms with Crippen molar-refractivity contribution < 1.29 is 4.57 Å². The molecule has 0 fully saturated rings. The van der Waals surface area contributed by atoms with Crippen LogP contribution in [0.25, 0.3) is 59.1 Å². The SMILES string of the molecule is Cc1cc(C)c2c(c1C)c1c3c(cc[n+]1C)c1ccsc1c1c4ccccc4n2c13. The summed E-state index contributed by atoms with van der Waals surface area (Å²) in [5, 5.41) is 10.5. The van der Waals surface area contributed by atoms with Crippen LogP contribution in [0.15, 0.2) is 54.0 Å². The fourth-order valence-electron chi connectivity index (χ4n) is 5.72. The van der Waals surface area contributed by atoms with Crippen molar-refractivity contribution >= 4 is 70.4 Å². The van der Waals surface area contributed by atoms with Crippen molar-refractivity contribution in [1.29, 1.82) is 0 Å². The van der Waals surface area contributed by atoms with Gasteiger partial charge in [-0.3, -0.25) is 0 Å². The Morgan fingerprint density at radius 3 is 2.50 bits per heavy atom. The smallest absolute Gasteiger partial charge is 0.224 e. The highest BCUT2D eigenvalue weighted by atomic mass is 32.1. The Kier molecular flexibility index (Phi) is 2.93. The molecule has 30 heavy (non-hydrogen) atoms. The number of pyridine rings is 2. The Bertz CT molecular complexity index is 1810. The normalized spacial score (nSPS) is 12.7. The van der Waals surface area contributed by atoms with Crippen LogP contribution >= 0.6 is 11.3 Å². The molecule has 0 bridgehead atoms. The van der Waals surface area contributed by atoms with E-state index in [1.165, 1.54) is 75.8 Å². The largest absolute Gasteiger partial charge is 0.307 e. The molecule has 0 saturated heterocycles. The topological polar surface area (TPSA) is 8.29 Å². The maximum Gasteiger partial charge on any atom is 0.224 e. The van der Waals surface area contributed by atoms with Crippen LogP contribution in [0.2, 0.25) is 0 Å². The Hall–Kier alpha value is -3.17. The zero-order valence-electron chi connectivity index (χ0n) is 17.5. The summed E-state index contributed by atoms with van der Waals surface area (Å²) in [5.41, 5.74) is 9.43. The minimum absolute atomic E-state index is 1.31. The van der Waals surface area contributed by atoms with Gasteiger partial charge in [0.25, 0.3) is 0 Å². The first-order valence-corrected chi connectivity index (χ1v) is 11.3. The van der Waals surface area contributed by atoms with Crippen LogP contribution in [0.4, 0.5) is 0 Å². The van der Waals surface area contributed by atoms with Crippen molar-refractivity contribution in [3.8, 4) is 0 Å². The van der Waals surface area contributed by atoms with Crippen molar-refractivity contribution in [3.63, 3.8) is 0 Å². The fraction of sp³-hybridized carbons (Fsp3) is 0.148. The van der Waals surface area contributed by atoms with Gasteiger partial charge in [0.15, 0.2) is 6.20 Å². The molecule has 4 aromatic heterocycles. The number of aryl methyl sites for hydroxylation is 4. The molecule has 3 heteroatoms. The van der Waals surface area contributed by atoms with Crippen molar-refractivity contribution in [1.82, 2.24) is 4.40 Å². The second-order valence-electron chi connectivity index (χ2n) is 8.66. The number of hydrogen-bond donors (Lipinski definition) is 0. The zero-order chi connectivity index (χ0) is 20.3. The number of aromatic nitrogens is 2. The van der Waals surface area contributed by atoms with Crippen molar-refractivity contribution in [2.75, 3.05) is 0 Å². The number of nitrogens with zero attached hydrogens (tertiary/aromatic N) is 2. The fourth-order valence-corrected chi connectivity index (χ4v) is 6.69. The molecule has 0 unspecified atom stereocenters. The molecule has 7 aromatic rings. The van der Waals surface area contributed by atoms with Crippen LogP contribution in [-0.2, 0) is 7.05 Å². The standard InChI is InChI=1S/C27H21N2S/c1-14-13-15(2)24-21(16(14)3)25-22-17(9-11-28(25)4)18-10-12-30-27(18)23-19-7-5-6-8-20(19)29(24)26(22)23/h5-13H,1-4H3/q+1. The van der Waals surface area contributed by atoms with Gasteiger partial charge in [0.1, 0.15) is 7.05 Å². The number of thiophene rings is 1. The molecular weight excluding hydrogens is 384 g/mol. The summed E-state index contributed by atoms with van der Waals surface area (Å²) in [6.07, 6.45) is 2.24. The minimum Gasteiger partial charge on any atom is -0.307 e. The van der Waals surface area contributed by atoms with Crippen molar-refractivity contribution in [2.45, 2.75) is 20.8 Å². The van der Waals surface area contributed by atoms with Gasteiger partial charge in [-0.2, -0.15) is 0 Å². The van der Waals surface area contributed by atoms with Gasteiger partial charge in [0, 0.05) is 32.3 Å². The molecule has 144 valence electrons. The Morgan fingerprint density at radius 1 is 0.800 bits per heavy atom. The van der Waals surface area contributed by atoms with E-state index in [1.54, 1.807) is 0 Å². The van der Waals surface area contributed by atoms with Crippen molar-refractivity contribution in [3.05, 3.63) is 70.7 Å². The highest BCUT2D eigenvalue weighted by Crippen LogP contribution is 2.47. The molecule has 4 heterocycles. The van der Waals surface area contributed by atoms with E-state index in [2.05, 4.69) is 90.8 Å². The van der Waals surface area contributed by atoms with E-state index >= 15 is 0 Å². The van der Waals surface area contributed by atoms with Crippen LogP contribution in [0.3, 0.4) is 0 Å². The van der Waals surface area contributed by atoms with Gasteiger partial charge in [0.2, 0.25) is 5.52 Å². The number of para-hydroxylation sites is 1. The summed E-state index contributed by atoms with van der Waals surface area (Å²) in [6.45, 7) is 6.79. The summed E-state index contributed by atoms with van der Waals surface area (Å²) >= 11 is 1.86. The highest BCUT2D eigenvalue weighted by molar-refractivity contribution is 7.18. The molecule has 0 N–H and O–H groups in total. The van der Waals surface area contributed by atoms with E-state index < -0.39 is 0 Å². The second-order valence-corrected chi connectivity index (χ2v) is 9.58. The average molecular weight is 406 g/mol. The number of rotatable bonds is 0. The van der Waals surface area contributed by atoms with E-state index in [9.17, 15) is 0 Å². The molecule has 2 nitrogen and oxygen atoms in total. The molecule has 0 saturated carbocycles. The molecule has 0 spiro atoms. The lowest BCUT2D eigenvalue weighted by Gasteiger charge is -2.16. The van der Waals surface area contributed by atoms with Gasteiger partial charge in [0.05, 0.1) is 27.3 Å². The zero-order valence-corrected chi connectivity index (χ0v) is 18.3. The first kappa shape index (κ1) is 16.6. The van der Waals surface area contributed by atoms with E-state index in [1.807, 2.05) is 11.3 Å². The van der Waals surface area contributed by atoms with E-state index in [0.29, 0.717) is 0 Å². The third-order valence-corrected chi connectivity index (χ3v) is 8.02. The van der Waals surface area contributed by atoms with Gasteiger partial charge >= 0.3 is 0 Å². The summed E-state index contributed by atoms with van der Waals surface area (Å²) in [5.74, 6) is 0. The van der Waals surface area contributed by atoms with Gasteiger partial charge in [-0.15, -0.1) is 11.3 Å². The van der Waals surface area contributed by atoms with Gasteiger partial charge < -0.3 is 4.40 Å². The van der Waals surface area contributed by atoms with Crippen LogP contribution in [0.1, 0.15) is 16.7 Å². The van der Waals surface area contributed by atoms with E-state index in [4.69, 9.17) is 0 Å². The quantitative estimate of drug-likeness (QED) is 0.146. The third kappa shape index (κ3) is 1.71. The summed E-state index contributed by atoms with van der Waals surface area (Å²) < 4.78 is 6.28. The predicted octanol–water partition coefficient (Wildman–Crippen LogP) is 6.95. The molecule has 7 rings (SSSR count). The van der Waals surface area contributed by atoms with Gasteiger partial charge in [-0.25, -0.2) is 4.57 Å². The summed E-state index contributed by atoms with van der Waals surface area (Å²) in [6, 6.07) is 15.9. The van der Waals surface area contributed by atoms with Gasteiger partial charge in [-0.05, 0) is 55.0 Å². The molecule has 0 aliphatic carbocycles. The Morgan fingerprint density at radius 2 is 1.63 bits per heavy atom. The maximum atomic E-state index is 2.55. The number of hydrogen-bond acceptors (Lipinski definition) is 1. The molecule has 0 atom stereocenters. The first-order chi connectivity index (χ1) is 14.6. The average Bonchev–Trinajstić information content (AvgIpc) is 3.35. The number of fused-ring (bicyclic) bond motifs is 9. The lowest BCUT2D eigenvalue weighted by atomic mass is 9.94. The monoisotopic (exact) mass is 405 g/mol. The maximum absolute atomic E-state index is 2.55. The summed E-state index contributed by atoms with van der Waals surface area (Å²) in [7, 11) is 2.19. The van der Waals surface area contributed by atoms with E-state index in [0.717, 1.165) is 0 Å². The van der Waals surface area contributed by atoms with Gasteiger partial charge in [-0.1, -0.05) is 24.3 Å². The molecule has 3 aromatic carbocycles. The number of benzene rings is 3. The van der Waals surface area contributed by atoms with E-state index in [-0.39, 0.29) is 0 Å². The lowest BCUT2D eigenvalue weighted by molar-refractivity contribution is -0.643. The molecule has 0 aliphatic heterocycles. The Labute approximate surface area is 177 Å². The third-order valence-electron chi connectivity index (χ3n) is 7.09. The summed E-state index contributed by atoms with van der Waals surface area (Å²) in [4.78, 5) is 0. The predicted molar refractivity (Wildman–Crippen MR) is 129 cm³/mol. The minimum atomic E-state index is 1.31. The lowest BCUT2D eigenvalue weighted by Crippen LogP contribution is -2.29. The van der Waals surface area contributed by atoms with Crippen LogP contribution in [-0.4, -0.2) is 4.40 Å². The molecule has 0 aliphatic rings. The van der Waals surface area contributed by atoms with Crippen LogP contribution in [0, 0.1) is 20.8 Å². The highest BCUT2D eigenvalue weighted by Gasteiger charge is 2.27. The Balaban J connectivity index is 2.07.